The van der Waals surface area contributed by atoms with E-state index in [9.17, 15) is 12.3 Å². The van der Waals surface area contributed by atoms with E-state index in [1.165, 1.54) is 0 Å². The van der Waals surface area contributed by atoms with E-state index in [0.29, 0.717) is 12.8 Å². The van der Waals surface area contributed by atoms with Gasteiger partial charge in [0.15, 0.2) is 0 Å². The molecule has 0 bridgehead atoms. The summed E-state index contributed by atoms with van der Waals surface area (Å²) < 4.78 is 33.6. The molecular formula is C7H10FNO2S. The first-order valence-corrected chi connectivity index (χ1v) is 5.33. The van der Waals surface area contributed by atoms with Gasteiger partial charge < -0.3 is 0 Å². The van der Waals surface area contributed by atoms with E-state index < -0.39 is 21.4 Å². The molecule has 0 aromatic rings. The van der Waals surface area contributed by atoms with Gasteiger partial charge in [0.25, 0.3) is 0 Å². The first-order chi connectivity index (χ1) is 5.55. The van der Waals surface area contributed by atoms with Gasteiger partial charge in [-0.1, -0.05) is 12.8 Å². The van der Waals surface area contributed by atoms with Crippen LogP contribution in [0.15, 0.2) is 0 Å². The van der Waals surface area contributed by atoms with E-state index in [2.05, 4.69) is 0 Å². The Kier molecular flexibility index (Phi) is 2.68. The Hall–Kier alpha value is -0.630. The minimum Gasteiger partial charge on any atom is -0.198 e. The predicted octanol–water partition coefficient (Wildman–Crippen LogP) is 1.37. The topological polar surface area (TPSA) is 57.9 Å². The molecule has 1 rings (SSSR count). The van der Waals surface area contributed by atoms with Gasteiger partial charge in [0.05, 0.1) is 12.0 Å². The molecule has 0 amide bonds. The Bertz CT molecular complexity index is 293. The standard InChI is InChI=1S/C7H10FNO2S/c8-12(10,11)7-4-2-1-3-6(7)5-9/h6-7H,1-4H2/t6-,7-/m1/s1. The second kappa shape index (κ2) is 3.40. The predicted molar refractivity (Wildman–Crippen MR) is 41.4 cm³/mol. The maximum atomic E-state index is 12.5. The van der Waals surface area contributed by atoms with Gasteiger partial charge in [0.1, 0.15) is 5.25 Å². The summed E-state index contributed by atoms with van der Waals surface area (Å²) in [5.74, 6) is -0.645. The van der Waals surface area contributed by atoms with Crippen molar-refractivity contribution in [1.29, 1.82) is 5.26 Å². The van der Waals surface area contributed by atoms with Gasteiger partial charge in [0.2, 0.25) is 0 Å². The first kappa shape index (κ1) is 9.46. The van der Waals surface area contributed by atoms with Crippen molar-refractivity contribution >= 4 is 10.2 Å². The van der Waals surface area contributed by atoms with Crippen LogP contribution in [0.4, 0.5) is 3.89 Å². The van der Waals surface area contributed by atoms with Crippen molar-refractivity contribution in [1.82, 2.24) is 0 Å². The average Bonchev–Trinajstić information content (AvgIpc) is 2.03. The molecule has 0 aliphatic heterocycles. The normalized spacial score (nSPS) is 31.0. The zero-order valence-corrected chi connectivity index (χ0v) is 7.35. The molecular weight excluding hydrogens is 181 g/mol. The highest BCUT2D eigenvalue weighted by Crippen LogP contribution is 2.29. The van der Waals surface area contributed by atoms with E-state index in [1.807, 2.05) is 6.07 Å². The highest BCUT2D eigenvalue weighted by Gasteiger charge is 2.35. The molecule has 5 heteroatoms. The molecule has 0 aromatic heterocycles. The highest BCUT2D eigenvalue weighted by atomic mass is 32.3. The van der Waals surface area contributed by atoms with Crippen LogP contribution in [-0.2, 0) is 10.2 Å². The Morgan fingerprint density at radius 1 is 1.33 bits per heavy atom. The molecule has 0 radical (unpaired) electrons. The van der Waals surface area contributed by atoms with Crippen LogP contribution in [0, 0.1) is 17.2 Å². The maximum absolute atomic E-state index is 12.5. The molecule has 0 N–H and O–H groups in total. The quantitative estimate of drug-likeness (QED) is 0.588. The number of hydrogen-bond donors (Lipinski definition) is 0. The fourth-order valence-corrected chi connectivity index (χ4v) is 2.62. The average molecular weight is 191 g/mol. The molecule has 1 fully saturated rings. The molecule has 1 aliphatic carbocycles. The van der Waals surface area contributed by atoms with Crippen molar-refractivity contribution in [2.75, 3.05) is 0 Å². The van der Waals surface area contributed by atoms with Crippen molar-refractivity contribution in [3.63, 3.8) is 0 Å². The summed E-state index contributed by atoms with van der Waals surface area (Å²) in [7, 11) is -4.51. The van der Waals surface area contributed by atoms with Crippen LogP contribution >= 0.6 is 0 Å². The Morgan fingerprint density at radius 2 is 1.92 bits per heavy atom. The molecule has 1 aliphatic rings. The van der Waals surface area contributed by atoms with Crippen molar-refractivity contribution in [3.05, 3.63) is 0 Å². The molecule has 3 nitrogen and oxygen atoms in total. The summed E-state index contributed by atoms with van der Waals surface area (Å²) in [6, 6.07) is 1.84. The molecule has 68 valence electrons. The van der Waals surface area contributed by atoms with Crippen LogP contribution in [0.5, 0.6) is 0 Å². The summed E-state index contributed by atoms with van der Waals surface area (Å²) >= 11 is 0. The van der Waals surface area contributed by atoms with Crippen LogP contribution in [0.2, 0.25) is 0 Å². The molecule has 12 heavy (non-hydrogen) atoms. The molecule has 0 unspecified atom stereocenters. The number of nitrogens with zero attached hydrogens (tertiary/aromatic N) is 1. The summed E-state index contributed by atoms with van der Waals surface area (Å²) in [5.41, 5.74) is 0. The number of hydrogen-bond acceptors (Lipinski definition) is 3. The van der Waals surface area contributed by atoms with Gasteiger partial charge in [-0.15, -0.1) is 3.89 Å². The van der Waals surface area contributed by atoms with E-state index in [0.717, 1.165) is 6.42 Å². The van der Waals surface area contributed by atoms with Crippen molar-refractivity contribution in [3.8, 4) is 6.07 Å². The Morgan fingerprint density at radius 3 is 2.33 bits per heavy atom. The largest absolute Gasteiger partial charge is 0.306 e. The van der Waals surface area contributed by atoms with Gasteiger partial charge in [-0.2, -0.15) is 13.7 Å². The lowest BCUT2D eigenvalue weighted by Gasteiger charge is -2.22. The second-order valence-electron chi connectivity index (χ2n) is 3.03. The smallest absolute Gasteiger partial charge is 0.198 e. The minimum atomic E-state index is -4.51. The van der Waals surface area contributed by atoms with Gasteiger partial charge in [-0.05, 0) is 12.8 Å². The molecule has 0 saturated heterocycles. The van der Waals surface area contributed by atoms with Crippen LogP contribution in [0.3, 0.4) is 0 Å². The second-order valence-corrected chi connectivity index (χ2v) is 4.59. The van der Waals surface area contributed by atoms with Crippen molar-refractivity contribution in [2.45, 2.75) is 30.9 Å². The number of nitriles is 1. The molecule has 0 heterocycles. The summed E-state index contributed by atoms with van der Waals surface area (Å²) in [6.45, 7) is 0. The van der Waals surface area contributed by atoms with E-state index >= 15 is 0 Å². The molecule has 0 aromatic carbocycles. The zero-order chi connectivity index (χ0) is 9.19. The summed E-state index contributed by atoms with van der Waals surface area (Å²) in [5, 5.41) is 7.47. The summed E-state index contributed by atoms with van der Waals surface area (Å²) in [6.07, 6.45) is 2.32. The fraction of sp³-hybridized carbons (Fsp3) is 0.857. The maximum Gasteiger partial charge on any atom is 0.306 e. The van der Waals surface area contributed by atoms with Gasteiger partial charge in [0, 0.05) is 0 Å². The van der Waals surface area contributed by atoms with Gasteiger partial charge in [-0.3, -0.25) is 0 Å². The molecule has 1 saturated carbocycles. The summed E-state index contributed by atoms with van der Waals surface area (Å²) in [4.78, 5) is 0. The van der Waals surface area contributed by atoms with Gasteiger partial charge in [-0.25, -0.2) is 0 Å². The number of rotatable bonds is 1. The SMILES string of the molecule is N#C[C@H]1CCCC[C@H]1S(=O)(=O)F. The minimum absolute atomic E-state index is 0.289. The molecule has 2 atom stereocenters. The third kappa shape index (κ3) is 1.95. The van der Waals surface area contributed by atoms with Crippen molar-refractivity contribution < 1.29 is 12.3 Å². The highest BCUT2D eigenvalue weighted by molar-refractivity contribution is 7.87. The van der Waals surface area contributed by atoms with Crippen molar-refractivity contribution in [2.24, 2.45) is 5.92 Å². The lowest BCUT2D eigenvalue weighted by atomic mass is 9.90. The fourth-order valence-electron chi connectivity index (χ4n) is 1.58. The lowest BCUT2D eigenvalue weighted by Crippen LogP contribution is -2.29. The van der Waals surface area contributed by atoms with E-state index in [1.54, 1.807) is 0 Å². The van der Waals surface area contributed by atoms with E-state index in [-0.39, 0.29) is 6.42 Å². The van der Waals surface area contributed by atoms with Crippen LogP contribution in [0.25, 0.3) is 0 Å². The zero-order valence-electron chi connectivity index (χ0n) is 6.53. The third-order valence-corrected chi connectivity index (χ3v) is 3.52. The van der Waals surface area contributed by atoms with E-state index in [4.69, 9.17) is 5.26 Å². The first-order valence-electron chi connectivity index (χ1n) is 3.89. The van der Waals surface area contributed by atoms with Crippen LogP contribution in [0.1, 0.15) is 25.7 Å². The Labute approximate surface area is 71.4 Å². The monoisotopic (exact) mass is 191 g/mol. The third-order valence-electron chi connectivity index (χ3n) is 2.23. The Balaban J connectivity index is 2.81. The molecule has 0 spiro atoms. The van der Waals surface area contributed by atoms with Crippen LogP contribution < -0.4 is 0 Å². The van der Waals surface area contributed by atoms with Crippen LogP contribution in [-0.4, -0.2) is 13.7 Å². The van der Waals surface area contributed by atoms with Gasteiger partial charge >= 0.3 is 10.2 Å². The lowest BCUT2D eigenvalue weighted by molar-refractivity contribution is 0.405. The number of halogens is 1.